The average molecular weight is 488 g/mol. The Bertz CT molecular complexity index is 1160. The summed E-state index contributed by atoms with van der Waals surface area (Å²) in [5.74, 6) is 0.994. The predicted molar refractivity (Wildman–Crippen MR) is 145 cm³/mol. The average Bonchev–Trinajstić information content (AvgIpc) is 3.13. The molecule has 0 spiro atoms. The van der Waals surface area contributed by atoms with Gasteiger partial charge in [-0.3, -0.25) is 9.59 Å². The molecule has 5 rings (SSSR count). The molecule has 4 heteroatoms. The molecule has 0 amide bonds. The first-order valence-electron chi connectivity index (χ1n) is 13.6. The lowest BCUT2D eigenvalue weighted by atomic mass is 9.48. The number of rotatable bonds is 5. The van der Waals surface area contributed by atoms with E-state index in [1.54, 1.807) is 11.1 Å². The number of esters is 1. The first-order valence-corrected chi connectivity index (χ1v) is 13.6. The minimum Gasteiger partial charge on any atom is -0.458 e. The number of benzene rings is 1. The molecule has 0 radical (unpaired) electrons. The Balaban J connectivity index is 1.61. The number of fused-ring (bicyclic) bond motifs is 4. The molecule has 0 saturated heterocycles. The molecule has 1 aromatic rings. The van der Waals surface area contributed by atoms with Gasteiger partial charge in [0.1, 0.15) is 0 Å². The van der Waals surface area contributed by atoms with E-state index in [0.717, 1.165) is 44.9 Å². The molecule has 0 N–H and O–H groups in total. The highest BCUT2D eigenvalue weighted by Gasteiger charge is 2.63. The number of hydrogen-bond donors (Lipinski definition) is 0. The molecule has 0 heterocycles. The second-order valence-corrected chi connectivity index (χ2v) is 12.2. The van der Waals surface area contributed by atoms with Gasteiger partial charge in [0, 0.05) is 38.0 Å². The second-order valence-electron chi connectivity index (χ2n) is 12.2. The van der Waals surface area contributed by atoms with Crippen LogP contribution in [0.3, 0.4) is 0 Å². The summed E-state index contributed by atoms with van der Waals surface area (Å²) in [5.41, 5.74) is 7.94. The maximum absolute atomic E-state index is 13.6. The van der Waals surface area contributed by atoms with Crippen LogP contribution in [0.5, 0.6) is 0 Å². The molecule has 4 aliphatic rings. The van der Waals surface area contributed by atoms with Crippen molar-refractivity contribution in [2.45, 2.75) is 71.6 Å². The zero-order chi connectivity index (χ0) is 25.8. The molecule has 0 aromatic heterocycles. The number of allylic oxidation sites excluding steroid dienone is 5. The number of ketones is 1. The summed E-state index contributed by atoms with van der Waals surface area (Å²) in [6.45, 7) is 10.1. The third kappa shape index (κ3) is 3.88. The van der Waals surface area contributed by atoms with Crippen molar-refractivity contribution in [1.29, 1.82) is 0 Å². The van der Waals surface area contributed by atoms with Crippen molar-refractivity contribution in [1.82, 2.24) is 0 Å². The Labute approximate surface area is 216 Å². The molecule has 1 aromatic carbocycles. The van der Waals surface area contributed by atoms with Crippen LogP contribution in [0.1, 0.15) is 77.2 Å². The Morgan fingerprint density at radius 3 is 2.47 bits per heavy atom. The standard InChI is InChI=1S/C32H41NO3/c1-20-7-13-25-23(17-20)10-14-26-28-15-16-31(3,29(35)19-36-21(2)34)32(28,4)18-27(30(25)26)22-8-11-24(12-9-22)33(5)6/h8-9,11-12,17,26-28H,1,7,10,13-16,18-19H2,2-6H3/t26?,27?,28?,31-,32+/m1/s1. The topological polar surface area (TPSA) is 46.6 Å². The lowest BCUT2D eigenvalue weighted by Crippen LogP contribution is -2.50. The van der Waals surface area contributed by atoms with Crippen molar-refractivity contribution < 1.29 is 14.3 Å². The smallest absolute Gasteiger partial charge is 0.303 e. The molecule has 0 bridgehead atoms. The van der Waals surface area contributed by atoms with Gasteiger partial charge in [0.05, 0.1) is 0 Å². The van der Waals surface area contributed by atoms with Crippen LogP contribution in [0.15, 0.2) is 59.2 Å². The first-order chi connectivity index (χ1) is 17.0. The SMILES string of the molecule is C=C1C=C2CCC3C(=C2CC1)C(c1ccc(N(C)C)cc1)C[C@@]1(C)C3CC[C@]1(C)C(=O)COC(C)=O. The molecule has 0 aliphatic heterocycles. The summed E-state index contributed by atoms with van der Waals surface area (Å²) < 4.78 is 5.22. The first kappa shape index (κ1) is 25.0. The van der Waals surface area contributed by atoms with E-state index in [2.05, 4.69) is 69.8 Å². The molecular formula is C32H41NO3. The monoisotopic (exact) mass is 487 g/mol. The van der Waals surface area contributed by atoms with Crippen LogP contribution >= 0.6 is 0 Å². The maximum atomic E-state index is 13.6. The quantitative estimate of drug-likeness (QED) is 0.430. The number of ether oxygens (including phenoxy) is 1. The van der Waals surface area contributed by atoms with E-state index in [-0.39, 0.29) is 23.8 Å². The van der Waals surface area contributed by atoms with Crippen molar-refractivity contribution in [3.05, 3.63) is 64.8 Å². The maximum Gasteiger partial charge on any atom is 0.303 e. The lowest BCUT2D eigenvalue weighted by molar-refractivity contribution is -0.152. The van der Waals surface area contributed by atoms with E-state index in [0.29, 0.717) is 17.8 Å². The van der Waals surface area contributed by atoms with Gasteiger partial charge in [0.25, 0.3) is 0 Å². The molecule has 2 saturated carbocycles. The number of hydrogen-bond acceptors (Lipinski definition) is 4. The fourth-order valence-electron chi connectivity index (χ4n) is 8.08. The molecular weight excluding hydrogens is 446 g/mol. The fourth-order valence-corrected chi connectivity index (χ4v) is 8.08. The van der Waals surface area contributed by atoms with E-state index in [4.69, 9.17) is 4.74 Å². The van der Waals surface area contributed by atoms with Gasteiger partial charge in [-0.1, -0.05) is 49.8 Å². The molecule has 2 fully saturated rings. The van der Waals surface area contributed by atoms with Crippen LogP contribution < -0.4 is 4.90 Å². The number of nitrogens with zero attached hydrogens (tertiary/aromatic N) is 1. The third-order valence-electron chi connectivity index (χ3n) is 10.3. The van der Waals surface area contributed by atoms with Gasteiger partial charge >= 0.3 is 5.97 Å². The van der Waals surface area contributed by atoms with E-state index < -0.39 is 5.41 Å². The molecule has 4 aliphatic carbocycles. The summed E-state index contributed by atoms with van der Waals surface area (Å²) in [6, 6.07) is 9.07. The summed E-state index contributed by atoms with van der Waals surface area (Å²) in [7, 11) is 4.15. The lowest BCUT2D eigenvalue weighted by Gasteiger charge is -2.55. The van der Waals surface area contributed by atoms with Crippen molar-refractivity contribution in [3.63, 3.8) is 0 Å². The number of carbonyl (C=O) groups excluding carboxylic acids is 2. The molecule has 4 nitrogen and oxygen atoms in total. The minimum absolute atomic E-state index is 0.0888. The number of carbonyl (C=O) groups is 2. The normalized spacial score (nSPS) is 33.3. The van der Waals surface area contributed by atoms with Gasteiger partial charge in [-0.15, -0.1) is 0 Å². The Morgan fingerprint density at radius 1 is 1.08 bits per heavy atom. The van der Waals surface area contributed by atoms with Gasteiger partial charge in [-0.05, 0) is 91.0 Å². The fraction of sp³-hybridized carbons (Fsp3) is 0.562. The molecule has 5 atom stereocenters. The van der Waals surface area contributed by atoms with Gasteiger partial charge in [-0.2, -0.15) is 0 Å². The predicted octanol–water partition coefficient (Wildman–Crippen LogP) is 6.78. The zero-order valence-corrected chi connectivity index (χ0v) is 22.7. The van der Waals surface area contributed by atoms with Crippen molar-refractivity contribution in [2.75, 3.05) is 25.6 Å². The summed E-state index contributed by atoms with van der Waals surface area (Å²) in [4.78, 5) is 27.2. The molecule has 36 heavy (non-hydrogen) atoms. The van der Waals surface area contributed by atoms with E-state index in [1.165, 1.54) is 29.3 Å². The highest BCUT2D eigenvalue weighted by atomic mass is 16.5. The van der Waals surface area contributed by atoms with Crippen LogP contribution in [-0.4, -0.2) is 32.5 Å². The van der Waals surface area contributed by atoms with Crippen LogP contribution in [-0.2, 0) is 14.3 Å². The molecule has 192 valence electrons. The van der Waals surface area contributed by atoms with Crippen LogP contribution in [0.4, 0.5) is 5.69 Å². The third-order valence-corrected chi connectivity index (χ3v) is 10.3. The highest BCUT2D eigenvalue weighted by Crippen LogP contribution is 2.69. The molecule has 3 unspecified atom stereocenters. The van der Waals surface area contributed by atoms with Gasteiger partial charge in [-0.25, -0.2) is 0 Å². The number of anilines is 1. The Morgan fingerprint density at radius 2 is 1.81 bits per heavy atom. The van der Waals surface area contributed by atoms with E-state index >= 15 is 0 Å². The van der Waals surface area contributed by atoms with Gasteiger partial charge in [0.15, 0.2) is 12.4 Å². The largest absolute Gasteiger partial charge is 0.458 e. The van der Waals surface area contributed by atoms with Crippen LogP contribution in [0, 0.1) is 22.7 Å². The van der Waals surface area contributed by atoms with Crippen LogP contribution in [0.25, 0.3) is 0 Å². The Kier molecular flexibility index (Phi) is 6.29. The van der Waals surface area contributed by atoms with Gasteiger partial charge in [0.2, 0.25) is 0 Å². The zero-order valence-electron chi connectivity index (χ0n) is 22.7. The van der Waals surface area contributed by atoms with Gasteiger partial charge < -0.3 is 9.64 Å². The summed E-state index contributed by atoms with van der Waals surface area (Å²) >= 11 is 0. The number of Topliss-reactive ketones (excluding diaryl/α,β-unsaturated/α-hetero) is 1. The summed E-state index contributed by atoms with van der Waals surface area (Å²) in [6.07, 6.45) is 9.65. The van der Waals surface area contributed by atoms with Crippen molar-refractivity contribution in [2.24, 2.45) is 22.7 Å². The van der Waals surface area contributed by atoms with Crippen molar-refractivity contribution >= 4 is 17.4 Å². The Hall–Kier alpha value is -2.62. The van der Waals surface area contributed by atoms with Crippen molar-refractivity contribution in [3.8, 4) is 0 Å². The van der Waals surface area contributed by atoms with E-state index in [1.807, 2.05) is 0 Å². The van der Waals surface area contributed by atoms with Crippen LogP contribution in [0.2, 0.25) is 0 Å². The highest BCUT2D eigenvalue weighted by molar-refractivity contribution is 5.88. The second kappa shape index (κ2) is 9.04. The van der Waals surface area contributed by atoms with E-state index in [9.17, 15) is 9.59 Å². The summed E-state index contributed by atoms with van der Waals surface area (Å²) in [5, 5.41) is 0. The minimum atomic E-state index is -0.484.